The molecule has 5 heteroatoms. The first-order chi connectivity index (χ1) is 15.1. The largest absolute Gasteiger partial charge is 0.457 e. The Balaban J connectivity index is 1.38. The van der Waals surface area contributed by atoms with Gasteiger partial charge in [-0.05, 0) is 62.4 Å². The standard InChI is InChI=1S/C26H23N3O2/c1-19-9-13-23(14-10-19)30-25-7-3-5-21(17-25)27-29-28-22-6-4-8-26(18-22)31-24-15-11-20(2)12-16-24/h3-18H,1-2H3,(H,27,28). The van der Waals surface area contributed by atoms with Crippen LogP contribution in [0.1, 0.15) is 11.1 Å². The van der Waals surface area contributed by atoms with E-state index in [1.54, 1.807) is 0 Å². The number of benzene rings is 4. The average Bonchev–Trinajstić information content (AvgIpc) is 2.78. The van der Waals surface area contributed by atoms with Crippen molar-refractivity contribution in [2.75, 3.05) is 5.43 Å². The van der Waals surface area contributed by atoms with Crippen molar-refractivity contribution in [3.63, 3.8) is 0 Å². The summed E-state index contributed by atoms with van der Waals surface area (Å²) in [7, 11) is 0. The van der Waals surface area contributed by atoms with E-state index in [0.717, 1.165) is 22.9 Å². The van der Waals surface area contributed by atoms with Gasteiger partial charge in [0.1, 0.15) is 23.0 Å². The third-order valence-electron chi connectivity index (χ3n) is 4.51. The van der Waals surface area contributed by atoms with Crippen molar-refractivity contribution in [2.45, 2.75) is 13.8 Å². The number of nitrogens with zero attached hydrogens (tertiary/aromatic N) is 2. The molecule has 0 aliphatic carbocycles. The summed E-state index contributed by atoms with van der Waals surface area (Å²) in [6.07, 6.45) is 0. The molecule has 1 N–H and O–H groups in total. The first kappa shape index (κ1) is 20.2. The molecule has 0 heterocycles. The first-order valence-corrected chi connectivity index (χ1v) is 10.00. The predicted molar refractivity (Wildman–Crippen MR) is 124 cm³/mol. The van der Waals surface area contributed by atoms with Crippen molar-refractivity contribution in [2.24, 2.45) is 10.3 Å². The van der Waals surface area contributed by atoms with Gasteiger partial charge in [0.15, 0.2) is 0 Å². The summed E-state index contributed by atoms with van der Waals surface area (Å²) in [5.41, 5.74) is 6.78. The van der Waals surface area contributed by atoms with Gasteiger partial charge in [-0.15, -0.1) is 5.11 Å². The van der Waals surface area contributed by atoms with E-state index in [9.17, 15) is 0 Å². The lowest BCUT2D eigenvalue weighted by Gasteiger charge is -2.07. The van der Waals surface area contributed by atoms with Crippen LogP contribution >= 0.6 is 0 Å². The molecule has 4 aromatic carbocycles. The number of hydrogen-bond donors (Lipinski definition) is 1. The highest BCUT2D eigenvalue weighted by molar-refractivity contribution is 5.49. The molecule has 0 saturated heterocycles. The monoisotopic (exact) mass is 409 g/mol. The van der Waals surface area contributed by atoms with Crippen LogP contribution in [0.25, 0.3) is 0 Å². The van der Waals surface area contributed by atoms with Crippen molar-refractivity contribution >= 4 is 11.4 Å². The summed E-state index contributed by atoms with van der Waals surface area (Å²) in [6.45, 7) is 4.09. The van der Waals surface area contributed by atoms with Gasteiger partial charge in [-0.2, -0.15) is 0 Å². The maximum absolute atomic E-state index is 5.89. The van der Waals surface area contributed by atoms with E-state index in [1.165, 1.54) is 11.1 Å². The van der Waals surface area contributed by atoms with Crippen LogP contribution in [0.15, 0.2) is 107 Å². The highest BCUT2D eigenvalue weighted by Gasteiger charge is 2.01. The molecule has 0 spiro atoms. The zero-order chi connectivity index (χ0) is 21.5. The molecule has 0 atom stereocenters. The predicted octanol–water partition coefficient (Wildman–Crippen LogP) is 8.00. The fourth-order valence-corrected chi connectivity index (χ4v) is 2.86. The molecule has 0 fully saturated rings. The van der Waals surface area contributed by atoms with E-state index in [-0.39, 0.29) is 0 Å². The number of hydrogen-bond acceptors (Lipinski definition) is 4. The molecule has 0 unspecified atom stereocenters. The molecule has 0 aliphatic rings. The highest BCUT2D eigenvalue weighted by atomic mass is 16.5. The molecule has 31 heavy (non-hydrogen) atoms. The Morgan fingerprint density at radius 3 is 1.74 bits per heavy atom. The summed E-state index contributed by atoms with van der Waals surface area (Å²) < 4.78 is 11.8. The molecular formula is C26H23N3O2. The minimum Gasteiger partial charge on any atom is -0.457 e. The van der Waals surface area contributed by atoms with Crippen LogP contribution in [0.5, 0.6) is 23.0 Å². The third kappa shape index (κ3) is 5.93. The SMILES string of the molecule is Cc1ccc(Oc2cccc(/N=N/Nc3cccc(Oc4ccc(C)cc4)c3)c2)cc1. The Hall–Kier alpha value is -4.12. The molecule has 154 valence electrons. The van der Waals surface area contributed by atoms with E-state index in [4.69, 9.17) is 9.47 Å². The Labute approximate surface area is 182 Å². The van der Waals surface area contributed by atoms with Gasteiger partial charge < -0.3 is 9.47 Å². The summed E-state index contributed by atoms with van der Waals surface area (Å²) in [5, 5.41) is 8.33. The summed E-state index contributed by atoms with van der Waals surface area (Å²) in [4.78, 5) is 0. The number of aryl methyl sites for hydroxylation is 2. The summed E-state index contributed by atoms with van der Waals surface area (Å²) in [5.74, 6) is 2.99. The van der Waals surface area contributed by atoms with Crippen LogP contribution in [0, 0.1) is 13.8 Å². The van der Waals surface area contributed by atoms with Gasteiger partial charge in [0, 0.05) is 12.1 Å². The second-order valence-corrected chi connectivity index (χ2v) is 7.17. The van der Waals surface area contributed by atoms with Gasteiger partial charge in [-0.3, -0.25) is 5.43 Å². The zero-order valence-electron chi connectivity index (χ0n) is 17.4. The van der Waals surface area contributed by atoms with Gasteiger partial charge in [-0.1, -0.05) is 52.7 Å². The van der Waals surface area contributed by atoms with E-state index >= 15 is 0 Å². The molecule has 0 aliphatic heterocycles. The maximum Gasteiger partial charge on any atom is 0.129 e. The average molecular weight is 409 g/mol. The van der Waals surface area contributed by atoms with Crippen LogP contribution in [0.4, 0.5) is 11.4 Å². The molecule has 0 aromatic heterocycles. The van der Waals surface area contributed by atoms with Crippen molar-refractivity contribution in [1.82, 2.24) is 0 Å². The van der Waals surface area contributed by atoms with Crippen molar-refractivity contribution in [3.8, 4) is 23.0 Å². The molecular weight excluding hydrogens is 386 g/mol. The van der Waals surface area contributed by atoms with Gasteiger partial charge in [0.25, 0.3) is 0 Å². The second kappa shape index (κ2) is 9.59. The molecule has 0 radical (unpaired) electrons. The first-order valence-electron chi connectivity index (χ1n) is 10.00. The number of anilines is 1. The quantitative estimate of drug-likeness (QED) is 0.248. The van der Waals surface area contributed by atoms with Gasteiger partial charge in [0.2, 0.25) is 0 Å². The fourth-order valence-electron chi connectivity index (χ4n) is 2.86. The molecule has 0 amide bonds. The topological polar surface area (TPSA) is 55.2 Å². The summed E-state index contributed by atoms with van der Waals surface area (Å²) in [6, 6.07) is 30.9. The van der Waals surface area contributed by atoms with Crippen LogP contribution in [0.3, 0.4) is 0 Å². The molecule has 5 nitrogen and oxygen atoms in total. The van der Waals surface area contributed by atoms with Gasteiger partial charge >= 0.3 is 0 Å². The highest BCUT2D eigenvalue weighted by Crippen LogP contribution is 2.27. The Kier molecular flexibility index (Phi) is 6.24. The number of rotatable bonds is 7. The molecule has 4 aromatic rings. The Morgan fingerprint density at radius 2 is 1.13 bits per heavy atom. The molecule has 4 rings (SSSR count). The van der Waals surface area contributed by atoms with E-state index in [1.807, 2.05) is 111 Å². The van der Waals surface area contributed by atoms with Crippen molar-refractivity contribution in [1.29, 1.82) is 0 Å². The lowest BCUT2D eigenvalue weighted by Crippen LogP contribution is -1.89. The normalized spacial score (nSPS) is 10.8. The van der Waals surface area contributed by atoms with Crippen LogP contribution in [-0.4, -0.2) is 0 Å². The smallest absolute Gasteiger partial charge is 0.129 e. The number of nitrogens with one attached hydrogen (secondary N) is 1. The molecule has 0 saturated carbocycles. The van der Waals surface area contributed by atoms with E-state index in [0.29, 0.717) is 11.4 Å². The van der Waals surface area contributed by atoms with Crippen LogP contribution < -0.4 is 14.9 Å². The Bertz CT molecular complexity index is 1170. The van der Waals surface area contributed by atoms with Gasteiger partial charge in [-0.25, -0.2) is 0 Å². The summed E-state index contributed by atoms with van der Waals surface area (Å²) >= 11 is 0. The number of ether oxygens (including phenoxy) is 2. The van der Waals surface area contributed by atoms with Crippen LogP contribution in [0.2, 0.25) is 0 Å². The second-order valence-electron chi connectivity index (χ2n) is 7.17. The third-order valence-corrected chi connectivity index (χ3v) is 4.51. The van der Waals surface area contributed by atoms with E-state index < -0.39 is 0 Å². The van der Waals surface area contributed by atoms with E-state index in [2.05, 4.69) is 15.8 Å². The van der Waals surface area contributed by atoms with Gasteiger partial charge in [0.05, 0.1) is 11.4 Å². The minimum atomic E-state index is 0.684. The zero-order valence-corrected chi connectivity index (χ0v) is 17.4. The Morgan fingerprint density at radius 1 is 0.581 bits per heavy atom. The lowest BCUT2D eigenvalue weighted by atomic mass is 10.2. The lowest BCUT2D eigenvalue weighted by molar-refractivity contribution is 0.482. The minimum absolute atomic E-state index is 0.684. The maximum atomic E-state index is 5.89. The van der Waals surface area contributed by atoms with Crippen molar-refractivity contribution < 1.29 is 9.47 Å². The fraction of sp³-hybridized carbons (Fsp3) is 0.0769. The van der Waals surface area contributed by atoms with Crippen LogP contribution in [-0.2, 0) is 0 Å². The molecule has 0 bridgehead atoms. The van der Waals surface area contributed by atoms with Crippen molar-refractivity contribution in [3.05, 3.63) is 108 Å².